The Bertz CT molecular complexity index is 1420. The van der Waals surface area contributed by atoms with Crippen molar-refractivity contribution in [1.82, 2.24) is 9.88 Å². The number of ether oxygens (including phenoxy) is 2. The lowest BCUT2D eigenvalue weighted by molar-refractivity contribution is -0.205. The fraction of sp³-hybridized carbons (Fsp3) is 0.367. The molecule has 10 heteroatoms. The summed E-state index contributed by atoms with van der Waals surface area (Å²) in [6.07, 6.45) is 2.46. The van der Waals surface area contributed by atoms with Crippen LogP contribution in [0.1, 0.15) is 59.1 Å². The summed E-state index contributed by atoms with van der Waals surface area (Å²) in [4.78, 5) is 32.4. The van der Waals surface area contributed by atoms with Crippen molar-refractivity contribution in [2.24, 2.45) is 5.92 Å². The summed E-state index contributed by atoms with van der Waals surface area (Å²) in [7, 11) is 1.29. The number of carbonyl (C=O) groups is 2. The number of rotatable bonds is 8. The summed E-state index contributed by atoms with van der Waals surface area (Å²) in [5.74, 6) is -1.38. The van der Waals surface area contributed by atoms with E-state index in [1.807, 2.05) is 6.07 Å². The van der Waals surface area contributed by atoms with Gasteiger partial charge in [0.05, 0.1) is 36.4 Å². The molecule has 210 valence electrons. The van der Waals surface area contributed by atoms with Gasteiger partial charge in [-0.25, -0.2) is 9.18 Å². The first-order chi connectivity index (χ1) is 19.1. The molecule has 2 aromatic carbocycles. The molecule has 1 amide bonds. The van der Waals surface area contributed by atoms with Crippen LogP contribution in [0.15, 0.2) is 60.8 Å². The van der Waals surface area contributed by atoms with E-state index in [-0.39, 0.29) is 35.4 Å². The lowest BCUT2D eigenvalue weighted by atomic mass is 9.85. The van der Waals surface area contributed by atoms with Crippen molar-refractivity contribution in [2.45, 2.75) is 50.0 Å². The molecule has 1 saturated carbocycles. The first-order valence-corrected chi connectivity index (χ1v) is 13.8. The van der Waals surface area contributed by atoms with Crippen molar-refractivity contribution in [1.29, 1.82) is 0 Å². The highest BCUT2D eigenvalue weighted by molar-refractivity contribution is 6.31. The number of aliphatic hydroxyl groups excluding tert-OH is 1. The van der Waals surface area contributed by atoms with Gasteiger partial charge in [-0.15, -0.1) is 0 Å². The molecule has 1 saturated heterocycles. The number of aromatic nitrogens is 1. The number of pyridine rings is 1. The first-order valence-electron chi connectivity index (χ1n) is 13.0. The third-order valence-electron chi connectivity index (χ3n) is 7.60. The fourth-order valence-corrected chi connectivity index (χ4v) is 5.75. The molecule has 1 aliphatic carbocycles. The summed E-state index contributed by atoms with van der Waals surface area (Å²) in [5.41, 5.74) is 0.581. The van der Waals surface area contributed by atoms with Crippen LogP contribution in [0.2, 0.25) is 10.0 Å². The third-order valence-corrected chi connectivity index (χ3v) is 8.14. The number of carbonyl (C=O) groups excluding carboxylic acids is 2. The Morgan fingerprint density at radius 1 is 1.20 bits per heavy atom. The molecule has 1 N–H and O–H groups in total. The molecule has 0 unspecified atom stereocenters. The second kappa shape index (κ2) is 11.4. The van der Waals surface area contributed by atoms with E-state index in [1.165, 1.54) is 25.4 Å². The fourth-order valence-electron chi connectivity index (χ4n) is 5.44. The van der Waals surface area contributed by atoms with Crippen molar-refractivity contribution >= 4 is 35.1 Å². The van der Waals surface area contributed by atoms with E-state index >= 15 is 0 Å². The molecule has 3 aromatic rings. The minimum atomic E-state index is -1.41. The van der Waals surface area contributed by atoms with E-state index in [9.17, 15) is 19.1 Å². The summed E-state index contributed by atoms with van der Waals surface area (Å²) >= 11 is 12.4. The lowest BCUT2D eigenvalue weighted by Gasteiger charge is -2.51. The monoisotopic (exact) mass is 586 g/mol. The lowest BCUT2D eigenvalue weighted by Crippen LogP contribution is -2.62. The number of amides is 1. The van der Waals surface area contributed by atoms with Crippen LogP contribution in [-0.4, -0.2) is 52.2 Å². The molecule has 2 aliphatic rings. The van der Waals surface area contributed by atoms with Crippen LogP contribution in [0.5, 0.6) is 0 Å². The average Bonchev–Trinajstić information content (AvgIpc) is 3.78. The van der Waals surface area contributed by atoms with Gasteiger partial charge in [-0.1, -0.05) is 41.4 Å². The zero-order valence-corrected chi connectivity index (χ0v) is 23.5. The number of halogens is 3. The number of hydrogen-bond donors (Lipinski definition) is 1. The van der Waals surface area contributed by atoms with Gasteiger partial charge in [0.1, 0.15) is 11.9 Å². The molecule has 1 aliphatic heterocycles. The molecule has 4 atom stereocenters. The van der Waals surface area contributed by atoms with Crippen LogP contribution in [0, 0.1) is 11.7 Å². The summed E-state index contributed by atoms with van der Waals surface area (Å²) < 4.78 is 26.2. The normalized spacial score (nSPS) is 23.6. The highest BCUT2D eigenvalue weighted by atomic mass is 35.5. The van der Waals surface area contributed by atoms with E-state index in [4.69, 9.17) is 32.7 Å². The molecule has 1 aromatic heterocycles. The van der Waals surface area contributed by atoms with Crippen molar-refractivity contribution in [3.63, 3.8) is 0 Å². The predicted octanol–water partition coefficient (Wildman–Crippen LogP) is 5.73. The molecular formula is C30H29Cl2FN2O5. The largest absolute Gasteiger partial charge is 0.465 e. The molecule has 0 bridgehead atoms. The van der Waals surface area contributed by atoms with Gasteiger partial charge in [0.2, 0.25) is 0 Å². The average molecular weight is 587 g/mol. The van der Waals surface area contributed by atoms with Crippen molar-refractivity contribution < 1.29 is 28.6 Å². The topological polar surface area (TPSA) is 89.0 Å². The number of hydrogen-bond acceptors (Lipinski definition) is 6. The zero-order chi connectivity index (χ0) is 28.6. The third kappa shape index (κ3) is 5.59. The van der Waals surface area contributed by atoms with E-state index in [1.54, 1.807) is 48.2 Å². The van der Waals surface area contributed by atoms with Crippen LogP contribution in [0.4, 0.5) is 4.39 Å². The predicted molar refractivity (Wildman–Crippen MR) is 148 cm³/mol. The highest BCUT2D eigenvalue weighted by Gasteiger charge is 2.55. The molecule has 2 fully saturated rings. The number of methoxy groups -OCH3 is 1. The molecule has 0 radical (unpaired) electrons. The van der Waals surface area contributed by atoms with E-state index in [0.29, 0.717) is 21.8 Å². The van der Waals surface area contributed by atoms with Gasteiger partial charge in [0.15, 0.2) is 5.60 Å². The van der Waals surface area contributed by atoms with Gasteiger partial charge in [-0.2, -0.15) is 0 Å². The second-order valence-electron chi connectivity index (χ2n) is 10.4. The minimum Gasteiger partial charge on any atom is -0.465 e. The smallest absolute Gasteiger partial charge is 0.339 e. The van der Waals surface area contributed by atoms with Gasteiger partial charge in [0, 0.05) is 23.3 Å². The Kier molecular flexibility index (Phi) is 8.15. The second-order valence-corrected chi connectivity index (χ2v) is 11.3. The molecular weight excluding hydrogens is 558 g/mol. The van der Waals surface area contributed by atoms with Crippen molar-refractivity contribution in [3.8, 4) is 0 Å². The van der Waals surface area contributed by atoms with Crippen LogP contribution in [0.3, 0.4) is 0 Å². The van der Waals surface area contributed by atoms with Gasteiger partial charge < -0.3 is 19.5 Å². The van der Waals surface area contributed by atoms with Gasteiger partial charge in [0.25, 0.3) is 5.91 Å². The van der Waals surface area contributed by atoms with Gasteiger partial charge >= 0.3 is 5.97 Å². The van der Waals surface area contributed by atoms with Gasteiger partial charge in [-0.05, 0) is 73.2 Å². The summed E-state index contributed by atoms with van der Waals surface area (Å²) in [5, 5.41) is 11.0. The molecule has 5 rings (SSSR count). The van der Waals surface area contributed by atoms with Crippen molar-refractivity contribution in [2.75, 3.05) is 13.7 Å². The number of nitrogens with zero attached hydrogens (tertiary/aromatic N) is 2. The first kappa shape index (κ1) is 28.5. The standard InChI is InChI=1S/C30H29Cl2FN2O5/c1-30(14-22-10-8-20(15-34-22)28(37)39-2)29(38)35(25(16-36)17-6-7-17)26(18-9-11-23(32)24(33)13-18)27(40-30)19-4-3-5-21(31)12-19/h3-5,8-13,15,17,25-27,36H,6-7,14,16H2,1-2H3/t25-,26-,27-,30+/m1/s1. The van der Waals surface area contributed by atoms with Crippen LogP contribution < -0.4 is 0 Å². The van der Waals surface area contributed by atoms with E-state index in [0.717, 1.165) is 12.8 Å². The molecule has 40 heavy (non-hydrogen) atoms. The quantitative estimate of drug-likeness (QED) is 0.339. The van der Waals surface area contributed by atoms with Crippen molar-refractivity contribution in [3.05, 3.63) is 99.0 Å². The van der Waals surface area contributed by atoms with Gasteiger partial charge in [-0.3, -0.25) is 9.78 Å². The Hall–Kier alpha value is -3.04. The zero-order valence-electron chi connectivity index (χ0n) is 22.0. The Labute approximate surface area is 241 Å². The number of morpholine rings is 1. The van der Waals surface area contributed by atoms with E-state index < -0.39 is 35.6 Å². The molecule has 2 heterocycles. The van der Waals surface area contributed by atoms with Crippen LogP contribution >= 0.6 is 23.2 Å². The Morgan fingerprint density at radius 2 is 1.98 bits per heavy atom. The van der Waals surface area contributed by atoms with E-state index in [2.05, 4.69) is 4.98 Å². The van der Waals surface area contributed by atoms with Crippen LogP contribution in [-0.2, 0) is 20.7 Å². The highest BCUT2D eigenvalue weighted by Crippen LogP contribution is 2.50. The molecule has 0 spiro atoms. The number of esters is 1. The summed E-state index contributed by atoms with van der Waals surface area (Å²) in [6.45, 7) is 1.43. The maximum Gasteiger partial charge on any atom is 0.339 e. The SMILES string of the molecule is COC(=O)c1ccc(C[C@]2(C)O[C@H](c3cccc(Cl)c3)[C@@H](c3ccc(Cl)c(F)c3)N([C@H](CO)C3CC3)C2=O)nc1. The molecule has 7 nitrogen and oxygen atoms in total. The Morgan fingerprint density at radius 3 is 2.58 bits per heavy atom. The Balaban J connectivity index is 1.62. The minimum absolute atomic E-state index is 0.0372. The maximum absolute atomic E-state index is 14.8. The maximum atomic E-state index is 14.8. The number of aliphatic hydroxyl groups is 1. The number of benzene rings is 2. The summed E-state index contributed by atoms with van der Waals surface area (Å²) in [6, 6.07) is 13.5. The van der Waals surface area contributed by atoms with Crippen LogP contribution in [0.25, 0.3) is 0 Å².